The molecule has 154 valence electrons. The van der Waals surface area contributed by atoms with Crippen molar-refractivity contribution < 1.29 is 14.7 Å². The van der Waals surface area contributed by atoms with Gasteiger partial charge < -0.3 is 14.9 Å². The molecule has 6 nitrogen and oxygen atoms in total. The second kappa shape index (κ2) is 7.79. The van der Waals surface area contributed by atoms with Crippen LogP contribution in [0, 0.1) is 42.9 Å². The second-order valence-corrected chi connectivity index (χ2v) is 8.97. The highest BCUT2D eigenvalue weighted by Gasteiger charge is 2.49. The Morgan fingerprint density at radius 3 is 2.38 bits per heavy atom. The van der Waals surface area contributed by atoms with Gasteiger partial charge in [0.2, 0.25) is 5.91 Å². The van der Waals surface area contributed by atoms with Crippen molar-refractivity contribution >= 4 is 11.8 Å². The van der Waals surface area contributed by atoms with Crippen molar-refractivity contribution in [3.63, 3.8) is 0 Å². The molecule has 2 amide bonds. The molecule has 1 aromatic rings. The van der Waals surface area contributed by atoms with E-state index in [1.807, 2.05) is 18.7 Å². The highest BCUT2D eigenvalue weighted by molar-refractivity contribution is 5.95. The van der Waals surface area contributed by atoms with Gasteiger partial charge in [0.25, 0.3) is 5.91 Å². The van der Waals surface area contributed by atoms with E-state index in [1.54, 1.807) is 17.0 Å². The molecule has 3 aliphatic rings. The molecule has 1 aliphatic heterocycles. The van der Waals surface area contributed by atoms with Gasteiger partial charge in [-0.25, -0.2) is 0 Å². The summed E-state index contributed by atoms with van der Waals surface area (Å²) < 4.78 is 0. The summed E-state index contributed by atoms with van der Waals surface area (Å²) in [6.07, 6.45) is 3.80. The van der Waals surface area contributed by atoms with Crippen molar-refractivity contribution in [3.8, 4) is 6.07 Å². The first-order valence-corrected chi connectivity index (χ1v) is 10.6. The third kappa shape index (κ3) is 3.76. The van der Waals surface area contributed by atoms with E-state index >= 15 is 0 Å². The number of aryl methyl sites for hydroxylation is 2. The first-order valence-electron chi connectivity index (χ1n) is 10.6. The maximum absolute atomic E-state index is 13.2. The number of carbonyl (C=O) groups is 2. The van der Waals surface area contributed by atoms with Crippen LogP contribution in [0.1, 0.15) is 52.7 Å². The summed E-state index contributed by atoms with van der Waals surface area (Å²) in [5.41, 5.74) is 2.77. The van der Waals surface area contributed by atoms with Gasteiger partial charge in [-0.2, -0.15) is 5.26 Å². The number of nitrogens with zero attached hydrogens (tertiary/aromatic N) is 3. The van der Waals surface area contributed by atoms with Gasteiger partial charge in [-0.1, -0.05) is 0 Å². The van der Waals surface area contributed by atoms with E-state index in [4.69, 9.17) is 0 Å². The maximum atomic E-state index is 13.2. The van der Waals surface area contributed by atoms with Gasteiger partial charge in [-0.3, -0.25) is 9.59 Å². The lowest BCUT2D eigenvalue weighted by molar-refractivity contribution is -0.138. The van der Waals surface area contributed by atoms with E-state index in [9.17, 15) is 20.0 Å². The fraction of sp³-hybridized carbons (Fsp3) is 0.609. The molecular weight excluding hydrogens is 366 g/mol. The number of benzene rings is 1. The van der Waals surface area contributed by atoms with Crippen molar-refractivity contribution in [2.45, 2.75) is 45.6 Å². The quantitative estimate of drug-likeness (QED) is 0.847. The second-order valence-electron chi connectivity index (χ2n) is 8.97. The standard InChI is InChI=1S/C23H29N3O3/c1-14-7-18(8-15(2)21(14)12-24)23(29)26-5-4-25(13-20(26)3-6-27)22(28)19-10-16-9-17(16)11-19/h7-8,16-17,19-20,27H,3-6,9-11,13H2,1-2H3. The van der Waals surface area contributed by atoms with Crippen molar-refractivity contribution in [2.75, 3.05) is 26.2 Å². The molecular formula is C23H29N3O3. The van der Waals surface area contributed by atoms with Crippen LogP contribution in [0.15, 0.2) is 12.1 Å². The first-order chi connectivity index (χ1) is 13.9. The summed E-state index contributed by atoms with van der Waals surface area (Å²) in [5, 5.41) is 18.8. The third-order valence-electron chi connectivity index (χ3n) is 7.00. The molecule has 0 aromatic heterocycles. The van der Waals surface area contributed by atoms with Crippen LogP contribution >= 0.6 is 0 Å². The van der Waals surface area contributed by atoms with Crippen LogP contribution in [0.25, 0.3) is 0 Å². The molecule has 2 saturated carbocycles. The Morgan fingerprint density at radius 1 is 1.14 bits per heavy atom. The predicted octanol–water partition coefficient (Wildman–Crippen LogP) is 2.26. The summed E-state index contributed by atoms with van der Waals surface area (Å²) in [6.45, 7) is 5.19. The molecule has 3 atom stereocenters. The minimum Gasteiger partial charge on any atom is -0.396 e. The number of rotatable bonds is 4. The molecule has 1 aromatic carbocycles. The number of aliphatic hydroxyl groups excluding tert-OH is 1. The summed E-state index contributed by atoms with van der Waals surface area (Å²) in [5.74, 6) is 1.83. The molecule has 0 bridgehead atoms. The van der Waals surface area contributed by atoms with Crippen molar-refractivity contribution in [1.29, 1.82) is 5.26 Å². The van der Waals surface area contributed by atoms with Gasteiger partial charge >= 0.3 is 0 Å². The van der Waals surface area contributed by atoms with Gasteiger partial charge in [0, 0.05) is 37.7 Å². The zero-order valence-electron chi connectivity index (χ0n) is 17.2. The van der Waals surface area contributed by atoms with Crippen LogP contribution in [-0.2, 0) is 4.79 Å². The summed E-state index contributed by atoms with van der Waals surface area (Å²) in [4.78, 5) is 29.9. The topological polar surface area (TPSA) is 84.6 Å². The van der Waals surface area contributed by atoms with Gasteiger partial charge in [0.05, 0.1) is 17.7 Å². The fourth-order valence-corrected chi connectivity index (χ4v) is 5.32. The largest absolute Gasteiger partial charge is 0.396 e. The molecule has 0 spiro atoms. The smallest absolute Gasteiger partial charge is 0.254 e. The van der Waals surface area contributed by atoms with Crippen LogP contribution in [-0.4, -0.2) is 59.0 Å². The Bertz CT molecular complexity index is 842. The SMILES string of the molecule is Cc1cc(C(=O)N2CCN(C(=O)C3CC4CC4C3)CC2CCO)cc(C)c1C#N. The van der Waals surface area contributed by atoms with Gasteiger partial charge in [-0.05, 0) is 74.6 Å². The van der Waals surface area contributed by atoms with Crippen molar-refractivity contribution in [2.24, 2.45) is 17.8 Å². The van der Waals surface area contributed by atoms with Gasteiger partial charge in [-0.15, -0.1) is 0 Å². The minimum atomic E-state index is -0.183. The number of hydrogen-bond donors (Lipinski definition) is 1. The van der Waals surface area contributed by atoms with Crippen LogP contribution in [0.4, 0.5) is 0 Å². The van der Waals surface area contributed by atoms with E-state index in [0.717, 1.165) is 35.8 Å². The molecule has 29 heavy (non-hydrogen) atoms. The molecule has 3 fully saturated rings. The Morgan fingerprint density at radius 2 is 1.79 bits per heavy atom. The number of nitriles is 1. The lowest BCUT2D eigenvalue weighted by atomic mass is 9.97. The van der Waals surface area contributed by atoms with E-state index in [0.29, 0.717) is 37.2 Å². The average molecular weight is 396 g/mol. The summed E-state index contributed by atoms with van der Waals surface area (Å²) in [6, 6.07) is 5.54. The monoisotopic (exact) mass is 395 g/mol. The van der Waals surface area contributed by atoms with Crippen LogP contribution in [0.5, 0.6) is 0 Å². The molecule has 1 heterocycles. The lowest BCUT2D eigenvalue weighted by Crippen LogP contribution is -2.57. The third-order valence-corrected chi connectivity index (χ3v) is 7.00. The number of piperazine rings is 1. The van der Waals surface area contributed by atoms with Crippen LogP contribution < -0.4 is 0 Å². The Kier molecular flexibility index (Phi) is 5.35. The Labute approximate surface area is 172 Å². The zero-order chi connectivity index (χ0) is 20.7. The Hall–Kier alpha value is -2.39. The number of fused-ring (bicyclic) bond motifs is 1. The zero-order valence-corrected chi connectivity index (χ0v) is 17.2. The normalized spacial score (nSPS) is 28.1. The van der Waals surface area contributed by atoms with Crippen molar-refractivity contribution in [1.82, 2.24) is 9.80 Å². The average Bonchev–Trinajstić information content (AvgIpc) is 3.32. The summed E-state index contributed by atoms with van der Waals surface area (Å²) in [7, 11) is 0. The number of aliphatic hydroxyl groups is 1. The van der Waals surface area contributed by atoms with E-state index in [-0.39, 0.29) is 30.4 Å². The molecule has 1 N–H and O–H groups in total. The van der Waals surface area contributed by atoms with E-state index < -0.39 is 0 Å². The highest BCUT2D eigenvalue weighted by atomic mass is 16.3. The van der Waals surface area contributed by atoms with Crippen LogP contribution in [0.3, 0.4) is 0 Å². The number of carbonyl (C=O) groups excluding carboxylic acids is 2. The van der Waals surface area contributed by atoms with Gasteiger partial charge in [0.15, 0.2) is 0 Å². The molecule has 1 saturated heterocycles. The first kappa shape index (κ1) is 19.9. The minimum absolute atomic E-state index is 0.0184. The predicted molar refractivity (Wildman–Crippen MR) is 108 cm³/mol. The van der Waals surface area contributed by atoms with Crippen molar-refractivity contribution in [3.05, 3.63) is 34.4 Å². The van der Waals surface area contributed by atoms with E-state index in [2.05, 4.69) is 6.07 Å². The Balaban J connectivity index is 1.48. The lowest BCUT2D eigenvalue weighted by Gasteiger charge is -2.42. The fourth-order valence-electron chi connectivity index (χ4n) is 5.32. The van der Waals surface area contributed by atoms with E-state index in [1.165, 1.54) is 6.42 Å². The van der Waals surface area contributed by atoms with Gasteiger partial charge in [0.1, 0.15) is 0 Å². The maximum Gasteiger partial charge on any atom is 0.254 e. The molecule has 2 aliphatic carbocycles. The molecule has 3 unspecified atom stereocenters. The van der Waals surface area contributed by atoms with Crippen LogP contribution in [0.2, 0.25) is 0 Å². The number of amides is 2. The highest BCUT2D eigenvalue weighted by Crippen LogP contribution is 2.54. The summed E-state index contributed by atoms with van der Waals surface area (Å²) >= 11 is 0. The number of hydrogen-bond acceptors (Lipinski definition) is 4. The molecule has 0 radical (unpaired) electrons. The molecule has 4 rings (SSSR count). The molecule has 6 heteroatoms.